The fourth-order valence-corrected chi connectivity index (χ4v) is 4.40. The molecule has 0 saturated carbocycles. The molecule has 1 aromatic heterocycles. The molecule has 0 spiro atoms. The summed E-state index contributed by atoms with van der Waals surface area (Å²) >= 11 is 0. The Balaban J connectivity index is 1.52. The van der Waals surface area contributed by atoms with Crippen molar-refractivity contribution in [3.05, 3.63) is 52.6 Å². The van der Waals surface area contributed by atoms with Crippen molar-refractivity contribution in [3.8, 4) is 0 Å². The molecule has 2 atom stereocenters. The number of carbonyl (C=O) groups excluding carboxylic acids is 1. The zero-order valence-corrected chi connectivity index (χ0v) is 19.0. The van der Waals surface area contributed by atoms with Gasteiger partial charge in [-0.1, -0.05) is 6.07 Å². The van der Waals surface area contributed by atoms with E-state index in [1.807, 2.05) is 13.8 Å². The molecular weight excluding hydrogens is 452 g/mol. The van der Waals surface area contributed by atoms with Crippen LogP contribution in [-0.2, 0) is 19.1 Å². The van der Waals surface area contributed by atoms with Crippen molar-refractivity contribution in [1.82, 2.24) is 25.5 Å². The van der Waals surface area contributed by atoms with Crippen LogP contribution in [0.5, 0.6) is 0 Å². The monoisotopic (exact) mass is 480 g/mol. The quantitative estimate of drug-likeness (QED) is 0.564. The summed E-state index contributed by atoms with van der Waals surface area (Å²) in [6, 6.07) is 1.75. The van der Waals surface area contributed by atoms with E-state index in [1.54, 1.807) is 11.1 Å². The summed E-state index contributed by atoms with van der Waals surface area (Å²) < 4.78 is 53.3. The van der Waals surface area contributed by atoms with E-state index < -0.39 is 23.6 Å². The first-order valence-corrected chi connectivity index (χ1v) is 11.4. The summed E-state index contributed by atoms with van der Waals surface area (Å²) in [5.41, 5.74) is 0.688. The maximum atomic E-state index is 14.3. The highest BCUT2D eigenvalue weighted by Gasteiger charge is 2.36. The molecule has 34 heavy (non-hydrogen) atoms. The molecule has 11 heteroatoms. The first kappa shape index (κ1) is 24.2. The van der Waals surface area contributed by atoms with Crippen molar-refractivity contribution in [2.24, 2.45) is 0 Å². The Bertz CT molecular complexity index is 1040. The molecule has 0 radical (unpaired) electrons. The van der Waals surface area contributed by atoms with Gasteiger partial charge in [-0.2, -0.15) is 13.2 Å². The van der Waals surface area contributed by atoms with E-state index in [4.69, 9.17) is 0 Å². The van der Waals surface area contributed by atoms with Crippen molar-refractivity contribution >= 4 is 12.0 Å². The first-order chi connectivity index (χ1) is 16.1. The number of nitrogens with zero attached hydrogens (tertiary/aromatic N) is 3. The van der Waals surface area contributed by atoms with Crippen LogP contribution in [0.3, 0.4) is 0 Å². The number of aromatic nitrogens is 2. The second-order valence-corrected chi connectivity index (χ2v) is 9.00. The van der Waals surface area contributed by atoms with Gasteiger partial charge in [0, 0.05) is 24.8 Å². The zero-order valence-electron chi connectivity index (χ0n) is 19.0. The van der Waals surface area contributed by atoms with Gasteiger partial charge in [-0.3, -0.25) is 0 Å². The average molecular weight is 481 g/mol. The number of benzene rings is 1. The third-order valence-electron chi connectivity index (χ3n) is 6.09. The van der Waals surface area contributed by atoms with E-state index >= 15 is 0 Å². The second kappa shape index (κ2) is 9.73. The standard InChI is InChI=1S/C23H28F4N6O/c1-13(2)30-21-29-11-15-7-9-33(12-19(15)31-21)22(34)32-20(18-4-3-8-28-18)14-5-6-16(17(24)10-14)23(25,26)27/h5-6,10-11,13,18,20,28H,3-4,7-9,12H2,1-2H3,(H,32,34)(H,29,30,31)/t18-,20+/m0/s1. The average Bonchev–Trinajstić information content (AvgIpc) is 3.30. The maximum absolute atomic E-state index is 14.3. The van der Waals surface area contributed by atoms with Gasteiger partial charge >= 0.3 is 12.2 Å². The molecule has 2 aliphatic heterocycles. The van der Waals surface area contributed by atoms with Gasteiger partial charge in [0.25, 0.3) is 0 Å². The highest BCUT2D eigenvalue weighted by molar-refractivity contribution is 5.75. The molecule has 1 saturated heterocycles. The van der Waals surface area contributed by atoms with Gasteiger partial charge in [-0.05, 0) is 62.9 Å². The summed E-state index contributed by atoms with van der Waals surface area (Å²) in [4.78, 5) is 23.6. The number of hydrogen-bond acceptors (Lipinski definition) is 5. The van der Waals surface area contributed by atoms with Gasteiger partial charge < -0.3 is 20.9 Å². The number of rotatable bonds is 5. The highest BCUT2D eigenvalue weighted by atomic mass is 19.4. The molecule has 3 heterocycles. The summed E-state index contributed by atoms with van der Waals surface area (Å²) in [5.74, 6) is -0.861. The molecule has 0 unspecified atom stereocenters. The normalized spacial score (nSPS) is 19.1. The van der Waals surface area contributed by atoms with Crippen LogP contribution >= 0.6 is 0 Å². The molecule has 2 aromatic rings. The van der Waals surface area contributed by atoms with Crippen molar-refractivity contribution in [3.63, 3.8) is 0 Å². The fourth-order valence-electron chi connectivity index (χ4n) is 4.40. The molecule has 4 rings (SSSR count). The molecule has 7 nitrogen and oxygen atoms in total. The Kier molecular flexibility index (Phi) is 6.92. The summed E-state index contributed by atoms with van der Waals surface area (Å²) in [7, 11) is 0. The third-order valence-corrected chi connectivity index (χ3v) is 6.09. The summed E-state index contributed by atoms with van der Waals surface area (Å²) in [5, 5.41) is 9.33. The van der Waals surface area contributed by atoms with Crippen LogP contribution in [0.1, 0.15) is 55.1 Å². The Morgan fingerprint density at radius 3 is 2.74 bits per heavy atom. The molecule has 184 valence electrons. The Morgan fingerprint density at radius 1 is 1.29 bits per heavy atom. The van der Waals surface area contributed by atoms with E-state index in [9.17, 15) is 22.4 Å². The smallest absolute Gasteiger partial charge is 0.352 e. The largest absolute Gasteiger partial charge is 0.419 e. The van der Waals surface area contributed by atoms with Gasteiger partial charge in [0.1, 0.15) is 5.82 Å². The first-order valence-electron chi connectivity index (χ1n) is 11.4. The molecule has 2 amide bonds. The van der Waals surface area contributed by atoms with E-state index in [0.717, 1.165) is 36.4 Å². The van der Waals surface area contributed by atoms with Gasteiger partial charge in [-0.25, -0.2) is 19.2 Å². The number of urea groups is 1. The number of hydrogen-bond donors (Lipinski definition) is 3. The van der Waals surface area contributed by atoms with Crippen molar-refractivity contribution in [2.45, 2.75) is 64.0 Å². The van der Waals surface area contributed by atoms with E-state index in [0.29, 0.717) is 30.9 Å². The predicted molar refractivity (Wildman–Crippen MR) is 119 cm³/mol. The highest BCUT2D eigenvalue weighted by Crippen LogP contribution is 2.33. The number of anilines is 1. The third kappa shape index (κ3) is 5.40. The van der Waals surface area contributed by atoms with E-state index in [-0.39, 0.29) is 24.7 Å². The summed E-state index contributed by atoms with van der Waals surface area (Å²) in [6.45, 7) is 5.40. The number of amides is 2. The number of halogens is 4. The summed E-state index contributed by atoms with van der Waals surface area (Å²) in [6.07, 6.45) is -0.850. The van der Waals surface area contributed by atoms with Crippen LogP contribution in [0.15, 0.2) is 24.4 Å². The lowest BCUT2D eigenvalue weighted by molar-refractivity contribution is -0.140. The van der Waals surface area contributed by atoms with E-state index in [2.05, 4.69) is 25.9 Å². The predicted octanol–water partition coefficient (Wildman–Crippen LogP) is 4.02. The number of alkyl halides is 3. The lowest BCUT2D eigenvalue weighted by Gasteiger charge is -2.32. The number of carbonyl (C=O) groups is 1. The topological polar surface area (TPSA) is 82.2 Å². The molecule has 1 fully saturated rings. The van der Waals surface area contributed by atoms with Crippen LogP contribution < -0.4 is 16.0 Å². The van der Waals surface area contributed by atoms with Crippen molar-refractivity contribution in [2.75, 3.05) is 18.4 Å². The molecule has 0 bridgehead atoms. The van der Waals surface area contributed by atoms with Crippen LogP contribution in [0, 0.1) is 5.82 Å². The minimum Gasteiger partial charge on any atom is -0.352 e. The van der Waals surface area contributed by atoms with Crippen LogP contribution in [0.2, 0.25) is 0 Å². The molecule has 2 aliphatic rings. The van der Waals surface area contributed by atoms with Crippen molar-refractivity contribution < 1.29 is 22.4 Å². The minimum atomic E-state index is -4.78. The van der Waals surface area contributed by atoms with Gasteiger partial charge in [0.05, 0.1) is 23.8 Å². The number of nitrogens with one attached hydrogen (secondary N) is 3. The number of fused-ring (bicyclic) bond motifs is 1. The van der Waals surface area contributed by atoms with Gasteiger partial charge in [0.2, 0.25) is 5.95 Å². The van der Waals surface area contributed by atoms with Crippen molar-refractivity contribution in [1.29, 1.82) is 0 Å². The minimum absolute atomic E-state index is 0.157. The fraction of sp³-hybridized carbons (Fsp3) is 0.522. The molecule has 3 N–H and O–H groups in total. The Labute approximate surface area is 195 Å². The molecule has 0 aliphatic carbocycles. The Hall–Kier alpha value is -2.95. The van der Waals surface area contributed by atoms with Gasteiger partial charge in [0.15, 0.2) is 0 Å². The van der Waals surface area contributed by atoms with Gasteiger partial charge in [-0.15, -0.1) is 0 Å². The Morgan fingerprint density at radius 2 is 2.09 bits per heavy atom. The lowest BCUT2D eigenvalue weighted by Crippen LogP contribution is -2.48. The second-order valence-electron chi connectivity index (χ2n) is 9.00. The van der Waals surface area contributed by atoms with Crippen LogP contribution in [0.25, 0.3) is 0 Å². The molecular formula is C23H28F4N6O. The maximum Gasteiger partial charge on any atom is 0.419 e. The van der Waals surface area contributed by atoms with Crippen LogP contribution in [-0.4, -0.2) is 46.1 Å². The zero-order chi connectivity index (χ0) is 24.5. The SMILES string of the molecule is CC(C)Nc1ncc2c(n1)CN(C(=O)N[C@H](c1ccc(C(F)(F)F)c(F)c1)[C@@H]1CCCN1)CC2. The van der Waals surface area contributed by atoms with E-state index in [1.165, 1.54) is 6.07 Å². The van der Waals surface area contributed by atoms with Crippen LogP contribution in [0.4, 0.5) is 28.3 Å². The molecule has 1 aromatic carbocycles. The lowest BCUT2D eigenvalue weighted by atomic mass is 9.96.